The molecule has 2 aromatic rings. The van der Waals surface area contributed by atoms with E-state index in [2.05, 4.69) is 18.4 Å². The van der Waals surface area contributed by atoms with Crippen LogP contribution in [0, 0.1) is 5.92 Å². The van der Waals surface area contributed by atoms with Gasteiger partial charge in [0.2, 0.25) is 0 Å². The van der Waals surface area contributed by atoms with Gasteiger partial charge in [-0.1, -0.05) is 18.5 Å². The summed E-state index contributed by atoms with van der Waals surface area (Å²) in [7, 11) is 0. The van der Waals surface area contributed by atoms with Crippen molar-refractivity contribution in [2.45, 2.75) is 45.2 Å². The Hall–Kier alpha value is -1.06. The molecule has 3 rings (SSSR count). The predicted molar refractivity (Wildman–Crippen MR) is 79.3 cm³/mol. The summed E-state index contributed by atoms with van der Waals surface area (Å²) >= 11 is 6.07. The van der Waals surface area contributed by atoms with E-state index in [1.807, 2.05) is 18.2 Å². The Labute approximate surface area is 118 Å². The maximum Gasteiger partial charge on any atom is 0.130 e. The molecule has 0 spiro atoms. The normalized spacial score (nSPS) is 18.7. The highest BCUT2D eigenvalue weighted by Crippen LogP contribution is 2.44. The number of hydrogen-bond acceptors (Lipinski definition) is 2. The van der Waals surface area contributed by atoms with Crippen LogP contribution in [0.1, 0.15) is 38.9 Å². The molecule has 3 nitrogen and oxygen atoms in total. The lowest BCUT2D eigenvalue weighted by Gasteiger charge is -2.25. The van der Waals surface area contributed by atoms with E-state index < -0.39 is 0 Å². The summed E-state index contributed by atoms with van der Waals surface area (Å²) in [6.45, 7) is 5.24. The van der Waals surface area contributed by atoms with Crippen LogP contribution in [-0.2, 0) is 12.1 Å². The molecule has 1 unspecified atom stereocenters. The maximum absolute atomic E-state index is 6.56. The zero-order chi connectivity index (χ0) is 13.6. The van der Waals surface area contributed by atoms with Gasteiger partial charge < -0.3 is 10.3 Å². The van der Waals surface area contributed by atoms with Gasteiger partial charge >= 0.3 is 0 Å². The molecule has 0 amide bonds. The van der Waals surface area contributed by atoms with Gasteiger partial charge in [-0.3, -0.25) is 0 Å². The van der Waals surface area contributed by atoms with E-state index in [0.29, 0.717) is 5.92 Å². The molecule has 1 atom stereocenters. The van der Waals surface area contributed by atoms with Crippen molar-refractivity contribution in [3.05, 3.63) is 29.0 Å². The summed E-state index contributed by atoms with van der Waals surface area (Å²) in [5.41, 5.74) is 8.32. The number of fused-ring (bicyclic) bond motifs is 1. The molecular weight excluding hydrogens is 258 g/mol. The largest absolute Gasteiger partial charge is 0.326 e. The number of nitrogens with two attached hydrogens (primary N) is 1. The third-order valence-electron chi connectivity index (χ3n) is 4.06. The van der Waals surface area contributed by atoms with Crippen LogP contribution in [0.4, 0.5) is 0 Å². The molecule has 1 saturated carbocycles. The Bertz CT molecular complexity index is 611. The first kappa shape index (κ1) is 12.9. The third kappa shape index (κ3) is 2.15. The van der Waals surface area contributed by atoms with Crippen molar-refractivity contribution >= 4 is 22.6 Å². The van der Waals surface area contributed by atoms with Crippen molar-refractivity contribution in [1.29, 1.82) is 0 Å². The topological polar surface area (TPSA) is 43.8 Å². The van der Waals surface area contributed by atoms with Crippen LogP contribution >= 0.6 is 11.6 Å². The van der Waals surface area contributed by atoms with E-state index in [0.717, 1.165) is 34.8 Å². The standard InChI is InChI=1S/C15H20ClN3/c1-3-8-19-13-7-6-11(16)9-12(13)18-14(19)15(2,17)10-4-5-10/h6-7,9-10H,3-5,8,17H2,1-2H3. The van der Waals surface area contributed by atoms with Gasteiger partial charge in [-0.05, 0) is 50.3 Å². The second kappa shape index (κ2) is 4.50. The summed E-state index contributed by atoms with van der Waals surface area (Å²) in [4.78, 5) is 4.78. The molecule has 1 fully saturated rings. The van der Waals surface area contributed by atoms with Gasteiger partial charge in [0.15, 0.2) is 0 Å². The highest BCUT2D eigenvalue weighted by molar-refractivity contribution is 6.31. The van der Waals surface area contributed by atoms with E-state index in [1.165, 1.54) is 12.8 Å². The Balaban J connectivity index is 2.19. The summed E-state index contributed by atoms with van der Waals surface area (Å²) in [6, 6.07) is 5.90. The fourth-order valence-corrected chi connectivity index (χ4v) is 3.00. The van der Waals surface area contributed by atoms with E-state index in [-0.39, 0.29) is 5.54 Å². The second-order valence-corrected chi connectivity index (χ2v) is 6.21. The molecule has 1 aliphatic rings. The Morgan fingerprint density at radius 2 is 2.21 bits per heavy atom. The molecule has 0 radical (unpaired) electrons. The first-order valence-electron chi connectivity index (χ1n) is 6.99. The zero-order valence-corrected chi connectivity index (χ0v) is 12.2. The molecule has 0 aliphatic heterocycles. The molecule has 4 heteroatoms. The zero-order valence-electron chi connectivity index (χ0n) is 11.5. The van der Waals surface area contributed by atoms with Gasteiger partial charge in [-0.25, -0.2) is 4.98 Å². The Morgan fingerprint density at radius 3 is 2.84 bits per heavy atom. The highest BCUT2D eigenvalue weighted by Gasteiger charge is 2.43. The van der Waals surface area contributed by atoms with Gasteiger partial charge in [-0.15, -0.1) is 0 Å². The fraction of sp³-hybridized carbons (Fsp3) is 0.533. The summed E-state index contributed by atoms with van der Waals surface area (Å²) in [5, 5.41) is 0.727. The van der Waals surface area contributed by atoms with E-state index >= 15 is 0 Å². The molecule has 1 aromatic heterocycles. The van der Waals surface area contributed by atoms with Crippen LogP contribution in [0.3, 0.4) is 0 Å². The van der Waals surface area contributed by atoms with Crippen molar-refractivity contribution in [2.75, 3.05) is 0 Å². The lowest BCUT2D eigenvalue weighted by atomic mass is 9.96. The minimum atomic E-state index is -0.333. The molecule has 1 heterocycles. The fourth-order valence-electron chi connectivity index (χ4n) is 2.83. The number of benzene rings is 1. The molecule has 2 N–H and O–H groups in total. The minimum Gasteiger partial charge on any atom is -0.326 e. The minimum absolute atomic E-state index is 0.333. The number of imidazole rings is 1. The molecule has 0 bridgehead atoms. The molecule has 19 heavy (non-hydrogen) atoms. The lowest BCUT2D eigenvalue weighted by molar-refractivity contribution is 0.382. The SMILES string of the molecule is CCCn1c(C(C)(N)C2CC2)nc2cc(Cl)ccc21. The van der Waals surface area contributed by atoms with Crippen LogP contribution < -0.4 is 5.73 Å². The second-order valence-electron chi connectivity index (χ2n) is 5.78. The summed E-state index contributed by atoms with van der Waals surface area (Å²) < 4.78 is 2.27. The smallest absolute Gasteiger partial charge is 0.130 e. The van der Waals surface area contributed by atoms with Gasteiger partial charge in [-0.2, -0.15) is 0 Å². The van der Waals surface area contributed by atoms with Crippen LogP contribution in [0.25, 0.3) is 11.0 Å². The van der Waals surface area contributed by atoms with Gasteiger partial charge in [0.1, 0.15) is 5.82 Å². The number of rotatable bonds is 4. The Morgan fingerprint density at radius 1 is 1.47 bits per heavy atom. The van der Waals surface area contributed by atoms with Crippen LogP contribution in [0.2, 0.25) is 5.02 Å². The average Bonchev–Trinajstić information content (AvgIpc) is 3.14. The van der Waals surface area contributed by atoms with Crippen molar-refractivity contribution < 1.29 is 0 Å². The number of nitrogens with zero attached hydrogens (tertiary/aromatic N) is 2. The molecule has 1 aromatic carbocycles. The van der Waals surface area contributed by atoms with Gasteiger partial charge in [0, 0.05) is 11.6 Å². The van der Waals surface area contributed by atoms with Gasteiger partial charge in [0.05, 0.1) is 16.6 Å². The van der Waals surface area contributed by atoms with E-state index in [9.17, 15) is 0 Å². The van der Waals surface area contributed by atoms with Crippen LogP contribution in [-0.4, -0.2) is 9.55 Å². The van der Waals surface area contributed by atoms with E-state index in [4.69, 9.17) is 22.3 Å². The van der Waals surface area contributed by atoms with E-state index in [1.54, 1.807) is 0 Å². The van der Waals surface area contributed by atoms with Crippen molar-refractivity contribution in [1.82, 2.24) is 9.55 Å². The quantitative estimate of drug-likeness (QED) is 0.926. The summed E-state index contributed by atoms with van der Waals surface area (Å²) in [5.74, 6) is 1.57. The molecular formula is C15H20ClN3. The maximum atomic E-state index is 6.56. The van der Waals surface area contributed by atoms with Crippen LogP contribution in [0.15, 0.2) is 18.2 Å². The molecule has 1 aliphatic carbocycles. The number of aromatic nitrogens is 2. The van der Waals surface area contributed by atoms with Crippen molar-refractivity contribution in [3.8, 4) is 0 Å². The average molecular weight is 278 g/mol. The predicted octanol–water partition coefficient (Wildman–Crippen LogP) is 3.68. The first-order valence-corrected chi connectivity index (χ1v) is 7.37. The third-order valence-corrected chi connectivity index (χ3v) is 4.30. The number of halogens is 1. The molecule has 0 saturated heterocycles. The Kier molecular flexibility index (Phi) is 3.06. The summed E-state index contributed by atoms with van der Waals surface area (Å²) in [6.07, 6.45) is 3.49. The highest BCUT2D eigenvalue weighted by atomic mass is 35.5. The lowest BCUT2D eigenvalue weighted by Crippen LogP contribution is -2.38. The van der Waals surface area contributed by atoms with Gasteiger partial charge in [0.25, 0.3) is 0 Å². The number of hydrogen-bond donors (Lipinski definition) is 1. The first-order chi connectivity index (χ1) is 9.04. The van der Waals surface area contributed by atoms with Crippen molar-refractivity contribution in [3.63, 3.8) is 0 Å². The molecule has 102 valence electrons. The van der Waals surface area contributed by atoms with Crippen LogP contribution in [0.5, 0.6) is 0 Å². The van der Waals surface area contributed by atoms with Crippen molar-refractivity contribution in [2.24, 2.45) is 11.7 Å². The monoisotopic (exact) mass is 277 g/mol. The number of aryl methyl sites for hydroxylation is 1.